The van der Waals surface area contributed by atoms with Crippen LogP contribution in [0.25, 0.3) is 0 Å². The second-order valence-electron chi connectivity index (χ2n) is 5.53. The monoisotopic (exact) mass is 376 g/mol. The Hall–Kier alpha value is -3.69. The van der Waals surface area contributed by atoms with E-state index in [4.69, 9.17) is 16.9 Å². The molecule has 0 radical (unpaired) electrons. The van der Waals surface area contributed by atoms with Gasteiger partial charge in [0.2, 0.25) is 0 Å². The van der Waals surface area contributed by atoms with E-state index in [1.165, 1.54) is 18.3 Å². The summed E-state index contributed by atoms with van der Waals surface area (Å²) in [7, 11) is 0. The fraction of sp³-hybridized carbons (Fsp3) is 0. The Kier molecular flexibility index (Phi) is 5.45. The largest absolute Gasteiger partial charge is 0.322 e. The van der Waals surface area contributed by atoms with Gasteiger partial charge in [0.25, 0.3) is 11.8 Å². The summed E-state index contributed by atoms with van der Waals surface area (Å²) in [6, 6.07) is 18.1. The number of nitrogens with one attached hydrogen (secondary N) is 2. The molecular formula is C20H13ClN4O2. The van der Waals surface area contributed by atoms with Crippen LogP contribution in [0.1, 0.15) is 26.4 Å². The third-order valence-electron chi connectivity index (χ3n) is 3.63. The van der Waals surface area contributed by atoms with Gasteiger partial charge in [0, 0.05) is 28.2 Å². The zero-order valence-corrected chi connectivity index (χ0v) is 14.7. The summed E-state index contributed by atoms with van der Waals surface area (Å²) >= 11 is 5.82. The Labute approximate surface area is 160 Å². The van der Waals surface area contributed by atoms with Crippen molar-refractivity contribution in [3.8, 4) is 6.07 Å². The number of amides is 2. The number of halogens is 1. The van der Waals surface area contributed by atoms with Crippen LogP contribution in [-0.2, 0) is 0 Å². The molecule has 0 spiro atoms. The van der Waals surface area contributed by atoms with Gasteiger partial charge in [-0.3, -0.25) is 14.6 Å². The van der Waals surface area contributed by atoms with Crippen LogP contribution < -0.4 is 10.6 Å². The highest BCUT2D eigenvalue weighted by molar-refractivity contribution is 6.30. The van der Waals surface area contributed by atoms with E-state index < -0.39 is 5.91 Å². The molecule has 0 aliphatic rings. The summed E-state index contributed by atoms with van der Waals surface area (Å²) in [6.07, 6.45) is 1.39. The van der Waals surface area contributed by atoms with Crippen LogP contribution in [0.3, 0.4) is 0 Å². The molecule has 0 aliphatic carbocycles. The molecule has 0 saturated heterocycles. The van der Waals surface area contributed by atoms with Crippen LogP contribution in [0.15, 0.2) is 66.9 Å². The molecule has 0 unspecified atom stereocenters. The zero-order chi connectivity index (χ0) is 19.2. The third-order valence-corrected chi connectivity index (χ3v) is 3.88. The fourth-order valence-electron chi connectivity index (χ4n) is 2.26. The lowest BCUT2D eigenvalue weighted by Gasteiger charge is -2.08. The smallest absolute Gasteiger partial charge is 0.274 e. The second kappa shape index (κ2) is 8.13. The molecule has 7 heteroatoms. The van der Waals surface area contributed by atoms with Gasteiger partial charge >= 0.3 is 0 Å². The number of benzene rings is 2. The first-order chi connectivity index (χ1) is 13.0. The molecular weight excluding hydrogens is 364 g/mol. The van der Waals surface area contributed by atoms with Gasteiger partial charge in [0.15, 0.2) is 0 Å². The Morgan fingerprint density at radius 1 is 0.889 bits per heavy atom. The summed E-state index contributed by atoms with van der Waals surface area (Å²) in [5.74, 6) is -0.826. The number of nitriles is 1. The molecule has 0 atom stereocenters. The SMILES string of the molecule is N#Cc1ccc(NC(=O)c2cc(C(=O)Nc3ccc(Cl)cc3)ccn2)cc1. The van der Waals surface area contributed by atoms with Crippen molar-refractivity contribution in [3.63, 3.8) is 0 Å². The first-order valence-electron chi connectivity index (χ1n) is 7.89. The van der Waals surface area contributed by atoms with E-state index >= 15 is 0 Å². The van der Waals surface area contributed by atoms with Crippen molar-refractivity contribution in [2.75, 3.05) is 10.6 Å². The van der Waals surface area contributed by atoms with E-state index in [9.17, 15) is 9.59 Å². The number of carbonyl (C=O) groups is 2. The Balaban J connectivity index is 1.71. The standard InChI is InChI=1S/C20H13ClN4O2/c21-15-3-7-17(8-4-15)24-19(26)14-9-10-23-18(11-14)20(27)25-16-5-1-13(12-22)2-6-16/h1-11H,(H,24,26)(H,25,27). The van der Waals surface area contributed by atoms with Gasteiger partial charge in [-0.25, -0.2) is 0 Å². The van der Waals surface area contributed by atoms with E-state index in [1.807, 2.05) is 6.07 Å². The van der Waals surface area contributed by atoms with Crippen LogP contribution in [0.2, 0.25) is 5.02 Å². The van der Waals surface area contributed by atoms with Crippen LogP contribution in [-0.4, -0.2) is 16.8 Å². The van der Waals surface area contributed by atoms with Crippen molar-refractivity contribution in [1.82, 2.24) is 4.98 Å². The molecule has 1 heterocycles. The number of carbonyl (C=O) groups excluding carboxylic acids is 2. The predicted molar refractivity (Wildman–Crippen MR) is 103 cm³/mol. The summed E-state index contributed by atoms with van der Waals surface area (Å²) in [4.78, 5) is 28.7. The van der Waals surface area contributed by atoms with E-state index in [0.29, 0.717) is 27.5 Å². The lowest BCUT2D eigenvalue weighted by atomic mass is 10.2. The first-order valence-corrected chi connectivity index (χ1v) is 8.27. The highest BCUT2D eigenvalue weighted by Gasteiger charge is 2.12. The second-order valence-corrected chi connectivity index (χ2v) is 5.97. The van der Waals surface area contributed by atoms with Crippen molar-refractivity contribution in [2.24, 2.45) is 0 Å². The van der Waals surface area contributed by atoms with E-state index in [2.05, 4.69) is 15.6 Å². The van der Waals surface area contributed by atoms with Crippen molar-refractivity contribution in [1.29, 1.82) is 5.26 Å². The molecule has 132 valence electrons. The van der Waals surface area contributed by atoms with Crippen molar-refractivity contribution >= 4 is 34.8 Å². The van der Waals surface area contributed by atoms with Gasteiger partial charge in [-0.05, 0) is 60.7 Å². The Morgan fingerprint density at radius 3 is 2.11 bits per heavy atom. The molecule has 6 nitrogen and oxygen atoms in total. The molecule has 3 rings (SSSR count). The Morgan fingerprint density at radius 2 is 1.48 bits per heavy atom. The number of aromatic nitrogens is 1. The highest BCUT2D eigenvalue weighted by atomic mass is 35.5. The average Bonchev–Trinajstić information content (AvgIpc) is 2.70. The van der Waals surface area contributed by atoms with Crippen LogP contribution in [0, 0.1) is 11.3 Å². The number of hydrogen-bond acceptors (Lipinski definition) is 4. The van der Waals surface area contributed by atoms with Gasteiger partial charge in [-0.1, -0.05) is 11.6 Å². The molecule has 2 N–H and O–H groups in total. The summed E-state index contributed by atoms with van der Waals surface area (Å²) in [5.41, 5.74) is 2.00. The first kappa shape index (κ1) is 18.1. The summed E-state index contributed by atoms with van der Waals surface area (Å²) in [6.45, 7) is 0. The molecule has 0 saturated carbocycles. The summed E-state index contributed by atoms with van der Waals surface area (Å²) < 4.78 is 0. The predicted octanol–water partition coefficient (Wildman–Crippen LogP) is 4.11. The molecule has 0 fully saturated rings. The van der Waals surface area contributed by atoms with Crippen molar-refractivity contribution in [2.45, 2.75) is 0 Å². The number of nitrogens with zero attached hydrogens (tertiary/aromatic N) is 2. The normalized spacial score (nSPS) is 9.93. The van der Waals surface area contributed by atoms with Crippen LogP contribution in [0.4, 0.5) is 11.4 Å². The quantitative estimate of drug-likeness (QED) is 0.716. The maximum atomic E-state index is 12.4. The molecule has 0 aliphatic heterocycles. The number of anilines is 2. The molecule has 0 bridgehead atoms. The Bertz CT molecular complexity index is 1030. The van der Waals surface area contributed by atoms with Gasteiger partial charge in [0.1, 0.15) is 5.69 Å². The van der Waals surface area contributed by atoms with Crippen molar-refractivity contribution < 1.29 is 9.59 Å². The summed E-state index contributed by atoms with van der Waals surface area (Å²) in [5, 5.41) is 14.8. The maximum absolute atomic E-state index is 12.4. The molecule has 27 heavy (non-hydrogen) atoms. The number of rotatable bonds is 4. The number of pyridine rings is 1. The minimum atomic E-state index is -0.458. The van der Waals surface area contributed by atoms with Gasteiger partial charge in [-0.2, -0.15) is 5.26 Å². The molecule has 2 aromatic carbocycles. The fourth-order valence-corrected chi connectivity index (χ4v) is 2.38. The van der Waals surface area contributed by atoms with Crippen LogP contribution in [0.5, 0.6) is 0 Å². The minimum absolute atomic E-state index is 0.100. The van der Waals surface area contributed by atoms with Gasteiger partial charge in [-0.15, -0.1) is 0 Å². The minimum Gasteiger partial charge on any atom is -0.322 e. The highest BCUT2D eigenvalue weighted by Crippen LogP contribution is 2.15. The topological polar surface area (TPSA) is 94.9 Å². The van der Waals surface area contributed by atoms with Crippen molar-refractivity contribution in [3.05, 3.63) is 88.7 Å². The molecule has 2 amide bonds. The number of hydrogen-bond donors (Lipinski definition) is 2. The lowest BCUT2D eigenvalue weighted by molar-refractivity contribution is 0.102. The molecule has 3 aromatic rings. The van der Waals surface area contributed by atoms with E-state index in [-0.39, 0.29) is 11.6 Å². The van der Waals surface area contributed by atoms with E-state index in [1.54, 1.807) is 48.5 Å². The van der Waals surface area contributed by atoms with E-state index in [0.717, 1.165) is 0 Å². The van der Waals surface area contributed by atoms with Gasteiger partial charge < -0.3 is 10.6 Å². The molecule has 1 aromatic heterocycles. The zero-order valence-electron chi connectivity index (χ0n) is 13.9. The maximum Gasteiger partial charge on any atom is 0.274 e. The van der Waals surface area contributed by atoms with Crippen LogP contribution >= 0.6 is 11.6 Å². The van der Waals surface area contributed by atoms with Gasteiger partial charge in [0.05, 0.1) is 11.6 Å². The third kappa shape index (κ3) is 4.69. The lowest BCUT2D eigenvalue weighted by Crippen LogP contribution is -2.17. The average molecular weight is 377 g/mol.